The van der Waals surface area contributed by atoms with Crippen LogP contribution in [0.15, 0.2) is 16.7 Å². The quantitative estimate of drug-likeness (QED) is 0.724. The molecule has 1 aromatic rings. The third kappa shape index (κ3) is 2.34. The zero-order valence-corrected chi connectivity index (χ0v) is 9.01. The van der Waals surface area contributed by atoms with Crippen LogP contribution in [0, 0.1) is 0 Å². The van der Waals surface area contributed by atoms with Gasteiger partial charge in [0.2, 0.25) is 0 Å². The minimum atomic E-state index is -0.812. The van der Waals surface area contributed by atoms with Crippen LogP contribution in [-0.2, 0) is 11.0 Å². The van der Waals surface area contributed by atoms with E-state index in [1.165, 1.54) is 0 Å². The van der Waals surface area contributed by atoms with E-state index in [0.29, 0.717) is 0 Å². The van der Waals surface area contributed by atoms with E-state index in [-0.39, 0.29) is 5.41 Å². The lowest BCUT2D eigenvalue weighted by Gasteiger charge is -2.15. The zero-order valence-electron chi connectivity index (χ0n) is 9.01. The molecule has 1 heterocycles. The number of rotatable bonds is 1. The lowest BCUT2D eigenvalue weighted by atomic mass is 9.91. The fourth-order valence-corrected chi connectivity index (χ4v) is 1.05. The van der Waals surface area contributed by atoms with Gasteiger partial charge in [-0.1, -0.05) is 20.8 Å². The van der Waals surface area contributed by atoms with Gasteiger partial charge in [0.15, 0.2) is 0 Å². The summed E-state index contributed by atoms with van der Waals surface area (Å²) in [6.07, 6.45) is 1.63. The Bertz CT molecular complexity index is 255. The molecule has 0 saturated heterocycles. The van der Waals surface area contributed by atoms with Crippen LogP contribution in [0.2, 0.25) is 0 Å². The summed E-state index contributed by atoms with van der Waals surface area (Å²) in [4.78, 5) is 0. The molecule has 2 heteroatoms. The van der Waals surface area contributed by atoms with Gasteiger partial charge in [0.05, 0.1) is 11.9 Å². The molecule has 0 amide bonds. The third-order valence-electron chi connectivity index (χ3n) is 2.05. The first-order valence-corrected chi connectivity index (χ1v) is 4.53. The van der Waals surface area contributed by atoms with E-state index in [4.69, 9.17) is 4.42 Å². The SMILES string of the molecule is CC(C)(C)c1cc(C(C)(C)O)co1. The van der Waals surface area contributed by atoms with Crippen LogP contribution in [0.1, 0.15) is 45.9 Å². The second kappa shape index (κ2) is 2.88. The number of hydrogen-bond acceptors (Lipinski definition) is 2. The van der Waals surface area contributed by atoms with Crippen molar-refractivity contribution in [2.24, 2.45) is 0 Å². The Labute approximate surface area is 79.6 Å². The fraction of sp³-hybridized carbons (Fsp3) is 0.636. The maximum Gasteiger partial charge on any atom is 0.109 e. The van der Waals surface area contributed by atoms with Crippen molar-refractivity contribution in [2.75, 3.05) is 0 Å². The van der Waals surface area contributed by atoms with Gasteiger partial charge >= 0.3 is 0 Å². The van der Waals surface area contributed by atoms with Gasteiger partial charge in [0.1, 0.15) is 5.76 Å². The predicted molar refractivity (Wildman–Crippen MR) is 52.7 cm³/mol. The van der Waals surface area contributed by atoms with Crippen LogP contribution in [0.5, 0.6) is 0 Å². The molecular weight excluding hydrogens is 164 g/mol. The highest BCUT2D eigenvalue weighted by Crippen LogP contribution is 2.28. The van der Waals surface area contributed by atoms with E-state index < -0.39 is 5.60 Å². The maximum atomic E-state index is 9.71. The standard InChI is InChI=1S/C11H18O2/c1-10(2,3)9-6-8(7-13-9)11(4,5)12/h6-7,12H,1-5H3. The molecule has 0 aliphatic carbocycles. The van der Waals surface area contributed by atoms with Crippen LogP contribution in [0.25, 0.3) is 0 Å². The second-order valence-corrected chi connectivity index (χ2v) is 5.01. The molecule has 0 fully saturated rings. The number of furan rings is 1. The summed E-state index contributed by atoms with van der Waals surface area (Å²) in [6, 6.07) is 1.92. The highest BCUT2D eigenvalue weighted by molar-refractivity contribution is 5.22. The van der Waals surface area contributed by atoms with Crippen molar-refractivity contribution in [3.8, 4) is 0 Å². The monoisotopic (exact) mass is 182 g/mol. The molecule has 0 radical (unpaired) electrons. The Morgan fingerprint density at radius 3 is 1.92 bits per heavy atom. The molecular formula is C11H18O2. The molecule has 2 nitrogen and oxygen atoms in total. The van der Waals surface area contributed by atoms with Gasteiger partial charge in [0.25, 0.3) is 0 Å². The third-order valence-corrected chi connectivity index (χ3v) is 2.05. The smallest absolute Gasteiger partial charge is 0.109 e. The Balaban J connectivity index is 3.01. The molecule has 0 aromatic carbocycles. The van der Waals surface area contributed by atoms with Crippen molar-refractivity contribution in [2.45, 2.75) is 45.6 Å². The van der Waals surface area contributed by atoms with Crippen molar-refractivity contribution >= 4 is 0 Å². The van der Waals surface area contributed by atoms with Crippen LogP contribution >= 0.6 is 0 Å². The van der Waals surface area contributed by atoms with Gasteiger partial charge in [0, 0.05) is 11.0 Å². The molecule has 0 unspecified atom stereocenters. The Kier molecular flexibility index (Phi) is 2.28. The van der Waals surface area contributed by atoms with Gasteiger partial charge in [-0.05, 0) is 19.9 Å². The molecule has 0 aliphatic rings. The maximum absolute atomic E-state index is 9.71. The Morgan fingerprint density at radius 2 is 1.69 bits per heavy atom. The summed E-state index contributed by atoms with van der Waals surface area (Å²) in [6.45, 7) is 9.76. The molecule has 1 aromatic heterocycles. The van der Waals surface area contributed by atoms with Crippen molar-refractivity contribution < 1.29 is 9.52 Å². The molecule has 0 spiro atoms. The number of hydrogen-bond donors (Lipinski definition) is 1. The van der Waals surface area contributed by atoms with E-state index in [1.807, 2.05) is 6.07 Å². The molecule has 74 valence electrons. The summed E-state index contributed by atoms with van der Waals surface area (Å²) in [7, 11) is 0. The topological polar surface area (TPSA) is 33.4 Å². The first-order valence-electron chi connectivity index (χ1n) is 4.53. The summed E-state index contributed by atoms with van der Waals surface area (Å²) < 4.78 is 5.40. The highest BCUT2D eigenvalue weighted by Gasteiger charge is 2.23. The van der Waals surface area contributed by atoms with Gasteiger partial charge in [-0.15, -0.1) is 0 Å². The summed E-state index contributed by atoms with van der Waals surface area (Å²) >= 11 is 0. The molecule has 1 N–H and O–H groups in total. The number of aliphatic hydroxyl groups is 1. The lowest BCUT2D eigenvalue weighted by molar-refractivity contribution is 0.0779. The van der Waals surface area contributed by atoms with Crippen molar-refractivity contribution in [3.05, 3.63) is 23.7 Å². The van der Waals surface area contributed by atoms with Crippen LogP contribution in [0.3, 0.4) is 0 Å². The van der Waals surface area contributed by atoms with E-state index in [2.05, 4.69) is 20.8 Å². The predicted octanol–water partition coefficient (Wildman–Crippen LogP) is 2.80. The molecule has 0 saturated carbocycles. The zero-order chi connectivity index (χ0) is 10.3. The molecule has 0 aliphatic heterocycles. The van der Waals surface area contributed by atoms with Crippen LogP contribution in [-0.4, -0.2) is 5.11 Å². The summed E-state index contributed by atoms with van der Waals surface area (Å²) in [5, 5.41) is 9.71. The van der Waals surface area contributed by atoms with Crippen molar-refractivity contribution in [1.29, 1.82) is 0 Å². The van der Waals surface area contributed by atoms with Crippen molar-refractivity contribution in [3.63, 3.8) is 0 Å². The van der Waals surface area contributed by atoms with Gasteiger partial charge in [-0.25, -0.2) is 0 Å². The first-order chi connectivity index (χ1) is 5.71. The largest absolute Gasteiger partial charge is 0.468 e. The second-order valence-electron chi connectivity index (χ2n) is 5.01. The minimum absolute atomic E-state index is 0.00347. The molecule has 0 bridgehead atoms. The van der Waals surface area contributed by atoms with E-state index in [9.17, 15) is 5.11 Å². The van der Waals surface area contributed by atoms with Gasteiger partial charge in [-0.2, -0.15) is 0 Å². The molecule has 1 rings (SSSR count). The fourth-order valence-electron chi connectivity index (χ4n) is 1.05. The Morgan fingerprint density at radius 1 is 1.15 bits per heavy atom. The van der Waals surface area contributed by atoms with Crippen LogP contribution in [0.4, 0.5) is 0 Å². The lowest BCUT2D eigenvalue weighted by Crippen LogP contribution is -2.14. The van der Waals surface area contributed by atoms with Crippen LogP contribution < -0.4 is 0 Å². The Hall–Kier alpha value is -0.760. The van der Waals surface area contributed by atoms with E-state index in [1.54, 1.807) is 20.1 Å². The van der Waals surface area contributed by atoms with Gasteiger partial charge < -0.3 is 9.52 Å². The first kappa shape index (κ1) is 10.3. The normalized spacial score (nSPS) is 13.4. The summed E-state index contributed by atoms with van der Waals surface area (Å²) in [5.41, 5.74) is 0.0219. The van der Waals surface area contributed by atoms with E-state index in [0.717, 1.165) is 11.3 Å². The average Bonchev–Trinajstić information content (AvgIpc) is 2.28. The highest BCUT2D eigenvalue weighted by atomic mass is 16.3. The molecule has 0 atom stereocenters. The van der Waals surface area contributed by atoms with E-state index >= 15 is 0 Å². The van der Waals surface area contributed by atoms with Crippen molar-refractivity contribution in [1.82, 2.24) is 0 Å². The minimum Gasteiger partial charge on any atom is -0.468 e. The van der Waals surface area contributed by atoms with Gasteiger partial charge in [-0.3, -0.25) is 0 Å². The molecule has 13 heavy (non-hydrogen) atoms. The summed E-state index contributed by atoms with van der Waals surface area (Å²) in [5.74, 6) is 0.907. The average molecular weight is 182 g/mol.